The lowest BCUT2D eigenvalue weighted by molar-refractivity contribution is -0.149. The van der Waals surface area contributed by atoms with Crippen LogP contribution in [0.25, 0.3) is 0 Å². The molecule has 1 saturated carbocycles. The number of carboxylic acids is 1. The Bertz CT molecular complexity index is 627. The molecule has 1 fully saturated rings. The predicted octanol–water partition coefficient (Wildman–Crippen LogP) is 1.63. The number of halogens is 1. The number of aliphatic carboxylic acids is 1. The standard InChI is InChI=1S/C15H16ClNO5/c16-10-7-9(8-11-12(10)22-6-5-21-11)1-4-17-13(18)15(2-3-15)14(19)20/h7-8H,1-6H2,(H,17,18)(H,19,20). The average Bonchev–Trinajstić information content (AvgIpc) is 3.29. The summed E-state index contributed by atoms with van der Waals surface area (Å²) in [5.74, 6) is -0.316. The van der Waals surface area contributed by atoms with Gasteiger partial charge in [-0.1, -0.05) is 11.6 Å². The van der Waals surface area contributed by atoms with E-state index in [2.05, 4.69) is 5.32 Å². The highest BCUT2D eigenvalue weighted by molar-refractivity contribution is 6.32. The lowest BCUT2D eigenvalue weighted by Crippen LogP contribution is -2.37. The number of ether oxygens (including phenoxy) is 2. The Morgan fingerprint density at radius 2 is 2.00 bits per heavy atom. The summed E-state index contributed by atoms with van der Waals surface area (Å²) < 4.78 is 10.9. The molecule has 1 aromatic rings. The van der Waals surface area contributed by atoms with Crippen LogP contribution in [0.1, 0.15) is 18.4 Å². The summed E-state index contributed by atoms with van der Waals surface area (Å²) in [7, 11) is 0. The zero-order chi connectivity index (χ0) is 15.7. The van der Waals surface area contributed by atoms with Gasteiger partial charge in [-0.05, 0) is 37.0 Å². The fourth-order valence-corrected chi connectivity index (χ4v) is 2.75. The molecular weight excluding hydrogens is 310 g/mol. The van der Waals surface area contributed by atoms with Crippen molar-refractivity contribution in [1.29, 1.82) is 0 Å². The predicted molar refractivity (Wildman–Crippen MR) is 78.5 cm³/mol. The van der Waals surface area contributed by atoms with Crippen molar-refractivity contribution in [2.45, 2.75) is 19.3 Å². The number of carboxylic acid groups (broad SMARTS) is 1. The molecule has 0 spiro atoms. The van der Waals surface area contributed by atoms with Crippen LogP contribution in [0, 0.1) is 5.41 Å². The molecule has 0 saturated heterocycles. The Morgan fingerprint density at radius 1 is 1.27 bits per heavy atom. The molecule has 118 valence electrons. The highest BCUT2D eigenvalue weighted by Crippen LogP contribution is 2.46. The first kappa shape index (κ1) is 15.0. The smallest absolute Gasteiger partial charge is 0.319 e. The molecule has 3 rings (SSSR count). The van der Waals surface area contributed by atoms with E-state index in [9.17, 15) is 9.59 Å². The van der Waals surface area contributed by atoms with E-state index in [0.29, 0.717) is 55.5 Å². The van der Waals surface area contributed by atoms with Gasteiger partial charge in [-0.15, -0.1) is 0 Å². The minimum absolute atomic E-state index is 0.351. The molecule has 1 aliphatic heterocycles. The molecule has 0 aromatic heterocycles. The van der Waals surface area contributed by atoms with Crippen LogP contribution in [0.5, 0.6) is 11.5 Å². The molecule has 22 heavy (non-hydrogen) atoms. The van der Waals surface area contributed by atoms with Gasteiger partial charge in [0, 0.05) is 6.54 Å². The molecule has 1 amide bonds. The number of fused-ring (bicyclic) bond motifs is 1. The van der Waals surface area contributed by atoms with E-state index in [-0.39, 0.29) is 0 Å². The number of carbonyl (C=O) groups excluding carboxylic acids is 1. The minimum atomic E-state index is -1.20. The second-order valence-corrected chi connectivity index (χ2v) is 5.90. The zero-order valence-electron chi connectivity index (χ0n) is 11.9. The van der Waals surface area contributed by atoms with Gasteiger partial charge in [0.15, 0.2) is 11.5 Å². The minimum Gasteiger partial charge on any atom is -0.486 e. The van der Waals surface area contributed by atoms with Crippen LogP contribution in [-0.2, 0) is 16.0 Å². The quantitative estimate of drug-likeness (QED) is 0.804. The molecule has 1 heterocycles. The van der Waals surface area contributed by atoms with E-state index in [0.717, 1.165) is 5.56 Å². The highest BCUT2D eigenvalue weighted by Gasteiger charge is 2.56. The number of carbonyl (C=O) groups is 2. The van der Waals surface area contributed by atoms with Crippen molar-refractivity contribution < 1.29 is 24.2 Å². The van der Waals surface area contributed by atoms with Crippen LogP contribution in [0.15, 0.2) is 12.1 Å². The van der Waals surface area contributed by atoms with Crippen molar-refractivity contribution in [3.63, 3.8) is 0 Å². The number of nitrogens with one attached hydrogen (secondary N) is 1. The van der Waals surface area contributed by atoms with Gasteiger partial charge >= 0.3 is 5.97 Å². The third-order valence-electron chi connectivity index (χ3n) is 3.95. The highest BCUT2D eigenvalue weighted by atomic mass is 35.5. The summed E-state index contributed by atoms with van der Waals surface area (Å²) in [6.07, 6.45) is 1.35. The Labute approximate surface area is 132 Å². The van der Waals surface area contributed by atoms with Crippen molar-refractivity contribution in [2.24, 2.45) is 5.41 Å². The number of hydrogen-bond donors (Lipinski definition) is 2. The number of amides is 1. The van der Waals surface area contributed by atoms with Gasteiger partial charge in [-0.2, -0.15) is 0 Å². The number of benzene rings is 1. The molecule has 7 heteroatoms. The first-order valence-electron chi connectivity index (χ1n) is 7.13. The second-order valence-electron chi connectivity index (χ2n) is 5.49. The maximum Gasteiger partial charge on any atom is 0.319 e. The van der Waals surface area contributed by atoms with Gasteiger partial charge in [0.2, 0.25) is 5.91 Å². The van der Waals surface area contributed by atoms with E-state index in [1.54, 1.807) is 6.07 Å². The maximum atomic E-state index is 11.9. The molecule has 0 radical (unpaired) electrons. The van der Waals surface area contributed by atoms with E-state index < -0.39 is 17.3 Å². The Hall–Kier alpha value is -1.95. The SMILES string of the molecule is O=C(O)C1(C(=O)NCCc2cc(Cl)c3c(c2)OCCO3)CC1. The third kappa shape index (κ3) is 2.70. The molecule has 6 nitrogen and oxygen atoms in total. The first-order valence-corrected chi connectivity index (χ1v) is 7.50. The van der Waals surface area contributed by atoms with Gasteiger partial charge in [-0.25, -0.2) is 0 Å². The second kappa shape index (κ2) is 5.68. The number of rotatable bonds is 5. The first-order chi connectivity index (χ1) is 10.5. The summed E-state index contributed by atoms with van der Waals surface area (Å²) >= 11 is 6.14. The van der Waals surface area contributed by atoms with Gasteiger partial charge in [0.05, 0.1) is 5.02 Å². The Kier molecular flexibility index (Phi) is 3.87. The van der Waals surface area contributed by atoms with Crippen LogP contribution in [0.3, 0.4) is 0 Å². The molecule has 2 aliphatic rings. The summed E-state index contributed by atoms with van der Waals surface area (Å²) in [5, 5.41) is 12.2. The molecular formula is C15H16ClNO5. The van der Waals surface area contributed by atoms with Gasteiger partial charge < -0.3 is 19.9 Å². The summed E-state index contributed by atoms with van der Waals surface area (Å²) in [6.45, 7) is 1.30. The molecule has 0 bridgehead atoms. The number of hydrogen-bond acceptors (Lipinski definition) is 4. The van der Waals surface area contributed by atoms with E-state index in [1.807, 2.05) is 6.07 Å². The molecule has 0 unspecified atom stereocenters. The fraction of sp³-hybridized carbons (Fsp3) is 0.467. The maximum absolute atomic E-state index is 11.9. The van der Waals surface area contributed by atoms with Crippen molar-refractivity contribution in [3.05, 3.63) is 22.7 Å². The van der Waals surface area contributed by atoms with E-state index in [4.69, 9.17) is 26.2 Å². The fourth-order valence-electron chi connectivity index (χ4n) is 2.46. The van der Waals surface area contributed by atoms with Gasteiger partial charge in [0.1, 0.15) is 18.6 Å². The topological polar surface area (TPSA) is 84.9 Å². The molecule has 1 aliphatic carbocycles. The molecule has 2 N–H and O–H groups in total. The van der Waals surface area contributed by atoms with Crippen molar-refractivity contribution in [3.8, 4) is 11.5 Å². The lowest BCUT2D eigenvalue weighted by Gasteiger charge is -2.20. The van der Waals surface area contributed by atoms with E-state index >= 15 is 0 Å². The van der Waals surface area contributed by atoms with Gasteiger partial charge in [-0.3, -0.25) is 9.59 Å². The summed E-state index contributed by atoms with van der Waals surface area (Å²) in [6, 6.07) is 3.60. The lowest BCUT2D eigenvalue weighted by atomic mass is 10.1. The molecule has 0 atom stereocenters. The Morgan fingerprint density at radius 3 is 2.68 bits per heavy atom. The van der Waals surface area contributed by atoms with Crippen molar-refractivity contribution in [1.82, 2.24) is 5.32 Å². The summed E-state index contributed by atoms with van der Waals surface area (Å²) in [5.41, 5.74) is -0.306. The van der Waals surface area contributed by atoms with Crippen molar-refractivity contribution >= 4 is 23.5 Å². The van der Waals surface area contributed by atoms with Crippen molar-refractivity contribution in [2.75, 3.05) is 19.8 Å². The van der Waals surface area contributed by atoms with Crippen LogP contribution in [0.4, 0.5) is 0 Å². The van der Waals surface area contributed by atoms with Gasteiger partial charge in [0.25, 0.3) is 0 Å². The zero-order valence-corrected chi connectivity index (χ0v) is 12.6. The monoisotopic (exact) mass is 325 g/mol. The third-order valence-corrected chi connectivity index (χ3v) is 4.23. The Balaban J connectivity index is 1.59. The van der Waals surface area contributed by atoms with Crippen LogP contribution >= 0.6 is 11.6 Å². The molecule has 1 aromatic carbocycles. The largest absolute Gasteiger partial charge is 0.486 e. The van der Waals surface area contributed by atoms with E-state index in [1.165, 1.54) is 0 Å². The van der Waals surface area contributed by atoms with Crippen LogP contribution in [0.2, 0.25) is 5.02 Å². The summed E-state index contributed by atoms with van der Waals surface area (Å²) in [4.78, 5) is 23.0. The van der Waals surface area contributed by atoms with Crippen LogP contribution < -0.4 is 14.8 Å². The normalized spacial score (nSPS) is 17.7. The van der Waals surface area contributed by atoms with Crippen LogP contribution in [-0.4, -0.2) is 36.7 Å². The average molecular weight is 326 g/mol.